The van der Waals surface area contributed by atoms with Gasteiger partial charge in [-0.05, 0) is 42.6 Å². The highest BCUT2D eigenvalue weighted by molar-refractivity contribution is 6.33. The van der Waals surface area contributed by atoms with Crippen molar-refractivity contribution in [2.45, 2.75) is 12.3 Å². The topological polar surface area (TPSA) is 12.0 Å². The van der Waals surface area contributed by atoms with Gasteiger partial charge in [0.25, 0.3) is 0 Å². The van der Waals surface area contributed by atoms with Crippen molar-refractivity contribution in [1.29, 1.82) is 0 Å². The van der Waals surface area contributed by atoms with E-state index in [1.165, 1.54) is 5.56 Å². The summed E-state index contributed by atoms with van der Waals surface area (Å²) in [5.41, 5.74) is 1.18. The predicted octanol–water partition coefficient (Wildman–Crippen LogP) is 3.07. The van der Waals surface area contributed by atoms with E-state index in [4.69, 9.17) is 23.2 Å². The zero-order valence-corrected chi connectivity index (χ0v) is 8.70. The molecule has 0 radical (unpaired) electrons. The zero-order valence-electron chi connectivity index (χ0n) is 7.19. The summed E-state index contributed by atoms with van der Waals surface area (Å²) in [6.45, 7) is 2.09. The SMILES string of the molecule is Clc1ccc(Cl)c([C@@H]2CCNC2)c1. The second-order valence-electron chi connectivity index (χ2n) is 3.36. The number of nitrogens with one attached hydrogen (secondary N) is 1. The van der Waals surface area contributed by atoms with E-state index in [0.717, 1.165) is 29.6 Å². The molecule has 0 aromatic heterocycles. The van der Waals surface area contributed by atoms with Crippen molar-refractivity contribution in [2.75, 3.05) is 13.1 Å². The van der Waals surface area contributed by atoms with Gasteiger partial charge in [0.1, 0.15) is 0 Å². The summed E-state index contributed by atoms with van der Waals surface area (Å²) >= 11 is 12.0. The molecule has 0 bridgehead atoms. The van der Waals surface area contributed by atoms with Gasteiger partial charge in [0.15, 0.2) is 0 Å². The van der Waals surface area contributed by atoms with E-state index in [0.29, 0.717) is 5.92 Å². The Kier molecular flexibility index (Phi) is 2.77. The summed E-state index contributed by atoms with van der Waals surface area (Å²) in [5.74, 6) is 0.534. The Hall–Kier alpha value is -0.240. The first-order valence-electron chi connectivity index (χ1n) is 4.43. The fourth-order valence-corrected chi connectivity index (χ4v) is 2.20. The lowest BCUT2D eigenvalue weighted by Crippen LogP contribution is -2.08. The molecule has 70 valence electrons. The molecule has 0 aliphatic carbocycles. The van der Waals surface area contributed by atoms with Crippen molar-refractivity contribution in [2.24, 2.45) is 0 Å². The lowest BCUT2D eigenvalue weighted by Gasteiger charge is -2.10. The van der Waals surface area contributed by atoms with Crippen LogP contribution in [0.5, 0.6) is 0 Å². The van der Waals surface area contributed by atoms with E-state index < -0.39 is 0 Å². The Labute approximate surface area is 88.0 Å². The fourth-order valence-electron chi connectivity index (χ4n) is 1.75. The van der Waals surface area contributed by atoms with Crippen LogP contribution in [-0.4, -0.2) is 13.1 Å². The smallest absolute Gasteiger partial charge is 0.0442 e. The second-order valence-corrected chi connectivity index (χ2v) is 4.20. The molecule has 1 atom stereocenters. The fraction of sp³-hybridized carbons (Fsp3) is 0.400. The first-order chi connectivity index (χ1) is 6.27. The minimum absolute atomic E-state index is 0.534. The first kappa shape index (κ1) is 9.32. The molecule has 1 aliphatic rings. The van der Waals surface area contributed by atoms with Crippen LogP contribution in [0.2, 0.25) is 10.0 Å². The van der Waals surface area contributed by atoms with Gasteiger partial charge in [0.2, 0.25) is 0 Å². The Balaban J connectivity index is 2.32. The molecule has 0 unspecified atom stereocenters. The minimum atomic E-state index is 0.534. The van der Waals surface area contributed by atoms with Crippen molar-refractivity contribution in [3.63, 3.8) is 0 Å². The van der Waals surface area contributed by atoms with Gasteiger partial charge in [-0.25, -0.2) is 0 Å². The number of rotatable bonds is 1. The molecule has 1 fully saturated rings. The molecule has 2 rings (SSSR count). The predicted molar refractivity (Wildman–Crippen MR) is 56.7 cm³/mol. The lowest BCUT2D eigenvalue weighted by molar-refractivity contribution is 0.764. The van der Waals surface area contributed by atoms with Crippen molar-refractivity contribution in [3.8, 4) is 0 Å². The molecule has 1 nitrogen and oxygen atoms in total. The maximum absolute atomic E-state index is 6.09. The maximum Gasteiger partial charge on any atom is 0.0442 e. The molecule has 0 amide bonds. The van der Waals surface area contributed by atoms with Crippen LogP contribution in [0.4, 0.5) is 0 Å². The number of halogens is 2. The van der Waals surface area contributed by atoms with E-state index in [1.807, 2.05) is 18.2 Å². The van der Waals surface area contributed by atoms with Crippen LogP contribution >= 0.6 is 23.2 Å². The molecule has 1 aliphatic heterocycles. The summed E-state index contributed by atoms with van der Waals surface area (Å²) in [7, 11) is 0. The van der Waals surface area contributed by atoms with Crippen molar-refractivity contribution in [3.05, 3.63) is 33.8 Å². The van der Waals surface area contributed by atoms with Gasteiger partial charge in [-0.3, -0.25) is 0 Å². The van der Waals surface area contributed by atoms with E-state index in [9.17, 15) is 0 Å². The van der Waals surface area contributed by atoms with Crippen LogP contribution in [0, 0.1) is 0 Å². The molecular formula is C10H11Cl2N. The quantitative estimate of drug-likeness (QED) is 0.760. The van der Waals surface area contributed by atoms with Gasteiger partial charge in [-0.2, -0.15) is 0 Å². The average Bonchev–Trinajstić information content (AvgIpc) is 2.61. The Morgan fingerprint density at radius 1 is 1.31 bits per heavy atom. The normalized spacial score (nSPS) is 22.2. The average molecular weight is 216 g/mol. The summed E-state index contributed by atoms with van der Waals surface area (Å²) < 4.78 is 0. The van der Waals surface area contributed by atoms with E-state index in [2.05, 4.69) is 5.32 Å². The molecular weight excluding hydrogens is 205 g/mol. The van der Waals surface area contributed by atoms with Crippen molar-refractivity contribution >= 4 is 23.2 Å². The first-order valence-corrected chi connectivity index (χ1v) is 5.18. The van der Waals surface area contributed by atoms with Crippen LogP contribution in [0.1, 0.15) is 17.9 Å². The molecule has 0 spiro atoms. The van der Waals surface area contributed by atoms with Gasteiger partial charge in [0.05, 0.1) is 0 Å². The molecule has 3 heteroatoms. The molecule has 1 aromatic carbocycles. The number of benzene rings is 1. The maximum atomic E-state index is 6.09. The summed E-state index contributed by atoms with van der Waals surface area (Å²) in [4.78, 5) is 0. The number of hydrogen-bond donors (Lipinski definition) is 1. The van der Waals surface area contributed by atoms with Gasteiger partial charge in [-0.15, -0.1) is 0 Å². The monoisotopic (exact) mass is 215 g/mol. The second kappa shape index (κ2) is 3.87. The van der Waals surface area contributed by atoms with Crippen LogP contribution in [-0.2, 0) is 0 Å². The highest BCUT2D eigenvalue weighted by atomic mass is 35.5. The third-order valence-electron chi connectivity index (χ3n) is 2.46. The molecule has 1 saturated heterocycles. The molecule has 1 N–H and O–H groups in total. The summed E-state index contributed by atoms with van der Waals surface area (Å²) in [6.07, 6.45) is 1.15. The Morgan fingerprint density at radius 3 is 2.85 bits per heavy atom. The summed E-state index contributed by atoms with van der Waals surface area (Å²) in [6, 6.07) is 5.68. The lowest BCUT2D eigenvalue weighted by atomic mass is 9.98. The zero-order chi connectivity index (χ0) is 9.26. The van der Waals surface area contributed by atoms with Crippen LogP contribution in [0.15, 0.2) is 18.2 Å². The van der Waals surface area contributed by atoms with E-state index >= 15 is 0 Å². The van der Waals surface area contributed by atoms with Crippen LogP contribution < -0.4 is 5.32 Å². The van der Waals surface area contributed by atoms with Crippen LogP contribution in [0.3, 0.4) is 0 Å². The molecule has 1 heterocycles. The van der Waals surface area contributed by atoms with Gasteiger partial charge >= 0.3 is 0 Å². The molecule has 1 aromatic rings. The highest BCUT2D eigenvalue weighted by Crippen LogP contribution is 2.30. The van der Waals surface area contributed by atoms with Gasteiger partial charge in [-0.1, -0.05) is 23.2 Å². The van der Waals surface area contributed by atoms with Crippen LogP contribution in [0.25, 0.3) is 0 Å². The van der Waals surface area contributed by atoms with Crippen molar-refractivity contribution < 1.29 is 0 Å². The van der Waals surface area contributed by atoms with E-state index in [-0.39, 0.29) is 0 Å². The van der Waals surface area contributed by atoms with Crippen molar-refractivity contribution in [1.82, 2.24) is 5.32 Å². The molecule has 13 heavy (non-hydrogen) atoms. The van der Waals surface area contributed by atoms with E-state index in [1.54, 1.807) is 0 Å². The van der Waals surface area contributed by atoms with Gasteiger partial charge < -0.3 is 5.32 Å². The Bertz CT molecular complexity index is 306. The van der Waals surface area contributed by atoms with Gasteiger partial charge in [0, 0.05) is 16.6 Å². The molecule has 0 saturated carbocycles. The largest absolute Gasteiger partial charge is 0.316 e. The minimum Gasteiger partial charge on any atom is -0.316 e. The highest BCUT2D eigenvalue weighted by Gasteiger charge is 2.18. The number of hydrogen-bond acceptors (Lipinski definition) is 1. The third-order valence-corrected chi connectivity index (χ3v) is 3.04. The standard InChI is InChI=1S/C10H11Cl2N/c11-8-1-2-10(12)9(5-8)7-3-4-13-6-7/h1-2,5,7,13H,3-4,6H2/t7-/m1/s1. The Morgan fingerprint density at radius 2 is 2.15 bits per heavy atom. The third kappa shape index (κ3) is 1.98. The summed E-state index contributed by atoms with van der Waals surface area (Å²) in [5, 5.41) is 4.92.